The van der Waals surface area contributed by atoms with Crippen LogP contribution in [-0.4, -0.2) is 27.5 Å². The second-order valence-corrected chi connectivity index (χ2v) is 6.64. The van der Waals surface area contributed by atoms with Gasteiger partial charge in [0, 0.05) is 12.6 Å². The quantitative estimate of drug-likeness (QED) is 0.872. The van der Waals surface area contributed by atoms with Crippen LogP contribution in [0.2, 0.25) is 0 Å². The summed E-state index contributed by atoms with van der Waals surface area (Å²) in [6, 6.07) is 2.67. The van der Waals surface area contributed by atoms with E-state index in [2.05, 4.69) is 10.0 Å². The van der Waals surface area contributed by atoms with Gasteiger partial charge in [-0.2, -0.15) is 0 Å². The van der Waals surface area contributed by atoms with Crippen LogP contribution in [0, 0.1) is 11.6 Å². The maximum absolute atomic E-state index is 13.4. The van der Waals surface area contributed by atoms with Gasteiger partial charge in [-0.1, -0.05) is 6.42 Å². The number of sulfonamides is 1. The average Bonchev–Trinajstić information content (AvgIpc) is 2.42. The van der Waals surface area contributed by atoms with Crippen LogP contribution in [0.3, 0.4) is 0 Å². The predicted molar refractivity (Wildman–Crippen MR) is 71.8 cm³/mol. The first-order valence-corrected chi connectivity index (χ1v) is 8.15. The van der Waals surface area contributed by atoms with E-state index in [0.29, 0.717) is 12.5 Å². The number of benzene rings is 1. The lowest BCUT2D eigenvalue weighted by atomic mass is 10.0. The van der Waals surface area contributed by atoms with Gasteiger partial charge in [-0.25, -0.2) is 21.9 Å². The van der Waals surface area contributed by atoms with Crippen LogP contribution in [0.5, 0.6) is 0 Å². The summed E-state index contributed by atoms with van der Waals surface area (Å²) in [7, 11) is -4.01. The highest BCUT2D eigenvalue weighted by Gasteiger charge is 2.20. The summed E-state index contributed by atoms with van der Waals surface area (Å²) < 4.78 is 52.6. The van der Waals surface area contributed by atoms with Gasteiger partial charge in [-0.15, -0.1) is 0 Å². The Bertz CT molecular complexity index is 557. The summed E-state index contributed by atoms with van der Waals surface area (Å²) in [5.41, 5.74) is 0. The predicted octanol–water partition coefficient (Wildman–Crippen LogP) is 1.78. The molecule has 0 saturated carbocycles. The molecule has 112 valence electrons. The van der Waals surface area contributed by atoms with Crippen molar-refractivity contribution in [3.63, 3.8) is 0 Å². The van der Waals surface area contributed by atoms with Crippen molar-refractivity contribution < 1.29 is 17.2 Å². The van der Waals surface area contributed by atoms with Gasteiger partial charge in [0.1, 0.15) is 16.5 Å². The molecule has 1 heterocycles. The van der Waals surface area contributed by atoms with Crippen LogP contribution >= 0.6 is 0 Å². The lowest BCUT2D eigenvalue weighted by Gasteiger charge is -2.23. The molecule has 0 bridgehead atoms. The molecule has 2 N–H and O–H groups in total. The van der Waals surface area contributed by atoms with Gasteiger partial charge in [-0.05, 0) is 44.0 Å². The Morgan fingerprint density at radius 1 is 1.30 bits per heavy atom. The smallest absolute Gasteiger partial charge is 0.243 e. The molecule has 2 rings (SSSR count). The standard InChI is InChI=1S/C13H18F2N2O2S/c14-10-4-5-12(15)13(9-10)20(18,19)17-8-6-11-3-1-2-7-16-11/h4-5,9,11,16-17H,1-3,6-8H2. The molecule has 20 heavy (non-hydrogen) atoms. The van der Waals surface area contributed by atoms with Crippen LogP contribution in [-0.2, 0) is 10.0 Å². The Morgan fingerprint density at radius 3 is 2.80 bits per heavy atom. The maximum atomic E-state index is 13.4. The molecule has 4 nitrogen and oxygen atoms in total. The molecule has 0 aromatic heterocycles. The third-order valence-corrected chi connectivity index (χ3v) is 4.86. The Kier molecular flexibility index (Phi) is 5.06. The second kappa shape index (κ2) is 6.60. The number of halogens is 2. The van der Waals surface area contributed by atoms with E-state index in [0.717, 1.165) is 37.9 Å². The van der Waals surface area contributed by atoms with Crippen molar-refractivity contribution in [3.05, 3.63) is 29.8 Å². The molecule has 0 aliphatic carbocycles. The third-order valence-electron chi connectivity index (χ3n) is 3.38. The summed E-state index contributed by atoms with van der Waals surface area (Å²) in [5.74, 6) is -1.73. The van der Waals surface area contributed by atoms with E-state index in [9.17, 15) is 17.2 Å². The van der Waals surface area contributed by atoms with Crippen molar-refractivity contribution in [3.8, 4) is 0 Å². The molecule has 1 atom stereocenters. The number of nitrogens with one attached hydrogen (secondary N) is 2. The zero-order valence-electron chi connectivity index (χ0n) is 11.0. The first kappa shape index (κ1) is 15.3. The average molecular weight is 304 g/mol. The van der Waals surface area contributed by atoms with Crippen molar-refractivity contribution in [2.45, 2.75) is 36.6 Å². The van der Waals surface area contributed by atoms with E-state index in [-0.39, 0.29) is 12.6 Å². The Morgan fingerprint density at radius 2 is 2.10 bits per heavy atom. The topological polar surface area (TPSA) is 58.2 Å². The Hall–Kier alpha value is -1.05. The van der Waals surface area contributed by atoms with Gasteiger partial charge in [0.25, 0.3) is 0 Å². The van der Waals surface area contributed by atoms with Gasteiger partial charge < -0.3 is 5.32 Å². The van der Waals surface area contributed by atoms with Crippen molar-refractivity contribution in [2.24, 2.45) is 0 Å². The van der Waals surface area contributed by atoms with Crippen LogP contribution in [0.15, 0.2) is 23.1 Å². The molecule has 1 aliphatic rings. The molecule has 0 amide bonds. The largest absolute Gasteiger partial charge is 0.314 e. The van der Waals surface area contributed by atoms with Crippen molar-refractivity contribution in [1.29, 1.82) is 0 Å². The first-order valence-electron chi connectivity index (χ1n) is 6.67. The molecule has 0 spiro atoms. The van der Waals surface area contributed by atoms with Gasteiger partial charge in [0.15, 0.2) is 0 Å². The van der Waals surface area contributed by atoms with E-state index in [1.165, 1.54) is 0 Å². The molecule has 1 aromatic carbocycles. The Balaban J connectivity index is 1.95. The van der Waals surface area contributed by atoms with Crippen LogP contribution < -0.4 is 10.0 Å². The van der Waals surface area contributed by atoms with Crippen molar-refractivity contribution >= 4 is 10.0 Å². The van der Waals surface area contributed by atoms with E-state index < -0.39 is 26.6 Å². The van der Waals surface area contributed by atoms with Crippen LogP contribution in [0.25, 0.3) is 0 Å². The minimum Gasteiger partial charge on any atom is -0.314 e. The zero-order chi connectivity index (χ0) is 14.6. The lowest BCUT2D eigenvalue weighted by Crippen LogP contribution is -2.37. The van der Waals surface area contributed by atoms with Gasteiger partial charge >= 0.3 is 0 Å². The van der Waals surface area contributed by atoms with E-state index in [1.54, 1.807) is 0 Å². The van der Waals surface area contributed by atoms with Crippen LogP contribution in [0.4, 0.5) is 8.78 Å². The van der Waals surface area contributed by atoms with E-state index in [4.69, 9.17) is 0 Å². The fourth-order valence-corrected chi connectivity index (χ4v) is 3.43. The van der Waals surface area contributed by atoms with Crippen molar-refractivity contribution in [2.75, 3.05) is 13.1 Å². The minimum atomic E-state index is -4.01. The minimum absolute atomic E-state index is 0.204. The van der Waals surface area contributed by atoms with Gasteiger partial charge in [0.05, 0.1) is 0 Å². The number of rotatable bonds is 5. The summed E-state index contributed by atoms with van der Waals surface area (Å²) in [6.45, 7) is 1.14. The highest BCUT2D eigenvalue weighted by atomic mass is 32.2. The van der Waals surface area contributed by atoms with Crippen LogP contribution in [0.1, 0.15) is 25.7 Å². The van der Waals surface area contributed by atoms with E-state index >= 15 is 0 Å². The number of piperidine rings is 1. The normalized spacial score (nSPS) is 20.0. The fraction of sp³-hybridized carbons (Fsp3) is 0.538. The van der Waals surface area contributed by atoms with Crippen molar-refractivity contribution in [1.82, 2.24) is 10.0 Å². The number of hydrogen-bond donors (Lipinski definition) is 2. The fourth-order valence-electron chi connectivity index (χ4n) is 2.30. The summed E-state index contributed by atoms with van der Waals surface area (Å²) in [6.07, 6.45) is 3.91. The molecular weight excluding hydrogens is 286 g/mol. The SMILES string of the molecule is O=S(=O)(NCCC1CCCCN1)c1cc(F)ccc1F. The highest BCUT2D eigenvalue weighted by Crippen LogP contribution is 2.16. The molecule has 1 saturated heterocycles. The number of hydrogen-bond acceptors (Lipinski definition) is 3. The lowest BCUT2D eigenvalue weighted by molar-refractivity contribution is 0.382. The van der Waals surface area contributed by atoms with E-state index in [1.807, 2.05) is 0 Å². The van der Waals surface area contributed by atoms with Gasteiger partial charge in [-0.3, -0.25) is 0 Å². The third kappa shape index (κ3) is 3.97. The summed E-state index contributed by atoms with van der Waals surface area (Å²) >= 11 is 0. The molecule has 1 fully saturated rings. The maximum Gasteiger partial charge on any atom is 0.243 e. The molecule has 0 radical (unpaired) electrons. The van der Waals surface area contributed by atoms with Gasteiger partial charge in [0.2, 0.25) is 10.0 Å². The monoisotopic (exact) mass is 304 g/mol. The summed E-state index contributed by atoms with van der Waals surface area (Å²) in [4.78, 5) is -0.644. The highest BCUT2D eigenvalue weighted by molar-refractivity contribution is 7.89. The first-order chi connectivity index (χ1) is 9.49. The molecule has 1 aliphatic heterocycles. The molecule has 1 unspecified atom stereocenters. The molecule has 1 aromatic rings. The Labute approximate surface area is 117 Å². The zero-order valence-corrected chi connectivity index (χ0v) is 11.8. The molecular formula is C13H18F2N2O2S. The molecule has 7 heteroatoms. The second-order valence-electron chi connectivity index (χ2n) is 4.91. The summed E-state index contributed by atoms with van der Waals surface area (Å²) in [5, 5.41) is 3.30.